The Hall–Kier alpha value is 0.0500. The zero-order valence-electron chi connectivity index (χ0n) is 7.35. The third kappa shape index (κ3) is 2.27. The third-order valence-corrected chi connectivity index (χ3v) is 2.11. The standard InChI is InChI=1S/C4H5NO5S.Na.H/c6-3-1-2-4(7)5(3)11(8,9)10;;/h1-2H2,(H,8,9,10);;/q;+1;-1. The van der Waals surface area contributed by atoms with Gasteiger partial charge in [-0.05, 0) is 0 Å². The van der Waals surface area contributed by atoms with Crippen LogP contribution in [-0.2, 0) is 19.9 Å². The molecule has 1 aliphatic rings. The van der Waals surface area contributed by atoms with Crippen molar-refractivity contribution in [3.8, 4) is 0 Å². The van der Waals surface area contributed by atoms with E-state index in [1.165, 1.54) is 0 Å². The molecule has 0 atom stereocenters. The summed E-state index contributed by atoms with van der Waals surface area (Å²) in [6.07, 6.45) is -0.308. The molecule has 64 valence electrons. The van der Waals surface area contributed by atoms with E-state index < -0.39 is 22.1 Å². The molecular formula is C4H6NNaO5S. The van der Waals surface area contributed by atoms with Crippen molar-refractivity contribution in [1.82, 2.24) is 4.31 Å². The van der Waals surface area contributed by atoms with Crippen LogP contribution in [0.4, 0.5) is 0 Å². The number of imide groups is 1. The van der Waals surface area contributed by atoms with Crippen molar-refractivity contribution in [2.24, 2.45) is 0 Å². The molecule has 1 heterocycles. The predicted molar refractivity (Wildman–Crippen MR) is 33.7 cm³/mol. The molecule has 8 heteroatoms. The average molecular weight is 203 g/mol. The number of rotatable bonds is 1. The molecule has 0 saturated carbocycles. The second-order valence-corrected chi connectivity index (χ2v) is 3.29. The number of hydrogen-bond acceptors (Lipinski definition) is 4. The van der Waals surface area contributed by atoms with Crippen LogP contribution in [0.25, 0.3) is 0 Å². The van der Waals surface area contributed by atoms with Gasteiger partial charge in [0.15, 0.2) is 0 Å². The molecule has 1 aliphatic heterocycles. The fourth-order valence-corrected chi connectivity index (χ4v) is 1.51. The topological polar surface area (TPSA) is 91.8 Å². The second kappa shape index (κ2) is 3.84. The van der Waals surface area contributed by atoms with Gasteiger partial charge in [0.05, 0.1) is 0 Å². The van der Waals surface area contributed by atoms with Crippen LogP contribution in [0.3, 0.4) is 0 Å². The van der Waals surface area contributed by atoms with Crippen molar-refractivity contribution in [1.29, 1.82) is 0 Å². The molecule has 0 radical (unpaired) electrons. The van der Waals surface area contributed by atoms with Gasteiger partial charge in [0.2, 0.25) is 11.8 Å². The van der Waals surface area contributed by atoms with Gasteiger partial charge >= 0.3 is 39.9 Å². The van der Waals surface area contributed by atoms with Gasteiger partial charge in [0.25, 0.3) is 0 Å². The van der Waals surface area contributed by atoms with Crippen molar-refractivity contribution < 1.29 is 53.5 Å². The Kier molecular flexibility index (Phi) is 3.86. The molecule has 0 aromatic rings. The van der Waals surface area contributed by atoms with E-state index in [4.69, 9.17) is 4.55 Å². The van der Waals surface area contributed by atoms with Crippen LogP contribution in [0.2, 0.25) is 0 Å². The summed E-state index contributed by atoms with van der Waals surface area (Å²) in [5, 5.41) is 0. The first-order valence-corrected chi connectivity index (χ1v) is 4.16. The Labute approximate surface area is 92.6 Å². The molecule has 0 aliphatic carbocycles. The van der Waals surface area contributed by atoms with Gasteiger partial charge in [-0.15, -0.1) is 0 Å². The molecular weight excluding hydrogens is 197 g/mol. The van der Waals surface area contributed by atoms with Gasteiger partial charge in [-0.2, -0.15) is 12.7 Å². The van der Waals surface area contributed by atoms with Crippen LogP contribution in [0.5, 0.6) is 0 Å². The molecule has 1 rings (SSSR count). The van der Waals surface area contributed by atoms with Gasteiger partial charge in [-0.1, -0.05) is 0 Å². The van der Waals surface area contributed by atoms with E-state index in [0.29, 0.717) is 0 Å². The van der Waals surface area contributed by atoms with Crippen molar-refractivity contribution in [3.05, 3.63) is 0 Å². The molecule has 0 aromatic heterocycles. The van der Waals surface area contributed by atoms with Gasteiger partial charge in [-0.3, -0.25) is 14.1 Å². The summed E-state index contributed by atoms with van der Waals surface area (Å²) in [5.74, 6) is -1.75. The predicted octanol–water partition coefficient (Wildman–Crippen LogP) is -3.95. The van der Waals surface area contributed by atoms with Gasteiger partial charge in [-0.25, -0.2) is 0 Å². The van der Waals surface area contributed by atoms with Gasteiger partial charge in [0.1, 0.15) is 0 Å². The smallest absolute Gasteiger partial charge is 1.00 e. The van der Waals surface area contributed by atoms with E-state index >= 15 is 0 Å². The second-order valence-electron chi connectivity index (χ2n) is 2.03. The molecule has 12 heavy (non-hydrogen) atoms. The van der Waals surface area contributed by atoms with Crippen molar-refractivity contribution >= 4 is 22.1 Å². The number of carbonyl (C=O) groups is 2. The maximum absolute atomic E-state index is 10.6. The molecule has 6 nitrogen and oxygen atoms in total. The van der Waals surface area contributed by atoms with Crippen LogP contribution in [0.1, 0.15) is 14.3 Å². The maximum Gasteiger partial charge on any atom is 1.00 e. The first kappa shape index (κ1) is 12.0. The molecule has 0 aromatic carbocycles. The first-order chi connectivity index (χ1) is 4.93. The minimum Gasteiger partial charge on any atom is -1.00 e. The van der Waals surface area contributed by atoms with Crippen molar-refractivity contribution in [3.63, 3.8) is 0 Å². The largest absolute Gasteiger partial charge is 1.00 e. The average Bonchev–Trinajstić information content (AvgIpc) is 2.08. The number of amides is 2. The van der Waals surface area contributed by atoms with E-state index in [2.05, 4.69) is 0 Å². The Balaban J connectivity index is 0. The SMILES string of the molecule is O=C1CCC(=O)N1S(=O)(=O)O.[H-].[Na+]. The van der Waals surface area contributed by atoms with E-state index in [-0.39, 0.29) is 48.1 Å². The molecule has 2 amide bonds. The summed E-state index contributed by atoms with van der Waals surface area (Å²) in [5.41, 5.74) is 0. The minimum absolute atomic E-state index is 0. The fraction of sp³-hybridized carbons (Fsp3) is 0.500. The Bertz CT molecular complexity index is 298. The zero-order valence-corrected chi connectivity index (χ0v) is 9.17. The summed E-state index contributed by atoms with van der Waals surface area (Å²) in [4.78, 5) is 21.2. The zero-order chi connectivity index (χ0) is 8.65. The summed E-state index contributed by atoms with van der Waals surface area (Å²) in [6.45, 7) is 0. The van der Waals surface area contributed by atoms with E-state index in [9.17, 15) is 18.0 Å². The number of carbonyl (C=O) groups excluding carboxylic acids is 2. The number of hydrogen-bond donors (Lipinski definition) is 1. The van der Waals surface area contributed by atoms with Crippen molar-refractivity contribution in [2.45, 2.75) is 12.8 Å². The summed E-state index contributed by atoms with van der Waals surface area (Å²) >= 11 is 0. The molecule has 1 saturated heterocycles. The normalized spacial score (nSPS) is 17.9. The molecule has 1 fully saturated rings. The monoisotopic (exact) mass is 203 g/mol. The molecule has 0 unspecified atom stereocenters. The summed E-state index contributed by atoms with van der Waals surface area (Å²) in [6, 6.07) is 0. The van der Waals surface area contributed by atoms with E-state index in [0.717, 1.165) is 0 Å². The van der Waals surface area contributed by atoms with Crippen LogP contribution >= 0.6 is 0 Å². The quantitative estimate of drug-likeness (QED) is 0.267. The Morgan fingerprint density at radius 1 is 1.25 bits per heavy atom. The minimum atomic E-state index is -4.67. The first-order valence-electron chi connectivity index (χ1n) is 2.76. The van der Waals surface area contributed by atoms with Crippen LogP contribution in [0, 0.1) is 0 Å². The van der Waals surface area contributed by atoms with E-state index in [1.807, 2.05) is 0 Å². The third-order valence-electron chi connectivity index (χ3n) is 1.24. The van der Waals surface area contributed by atoms with Gasteiger partial charge < -0.3 is 1.43 Å². The van der Waals surface area contributed by atoms with Crippen LogP contribution in [0.15, 0.2) is 0 Å². The maximum atomic E-state index is 10.6. The fourth-order valence-electron chi connectivity index (χ4n) is 0.813. The Morgan fingerprint density at radius 2 is 1.58 bits per heavy atom. The molecule has 0 spiro atoms. The van der Waals surface area contributed by atoms with Gasteiger partial charge in [0, 0.05) is 12.8 Å². The van der Waals surface area contributed by atoms with Crippen LogP contribution < -0.4 is 29.6 Å². The van der Waals surface area contributed by atoms with Crippen molar-refractivity contribution in [2.75, 3.05) is 0 Å². The molecule has 0 bridgehead atoms. The van der Waals surface area contributed by atoms with Crippen LogP contribution in [-0.4, -0.2) is 29.1 Å². The number of nitrogens with zero attached hydrogens (tertiary/aromatic N) is 1. The van der Waals surface area contributed by atoms with E-state index in [1.54, 1.807) is 0 Å². The Morgan fingerprint density at radius 3 is 1.75 bits per heavy atom. The summed E-state index contributed by atoms with van der Waals surface area (Å²) in [7, 11) is -4.67. The summed E-state index contributed by atoms with van der Waals surface area (Å²) < 4.78 is 28.8. The molecule has 1 N–H and O–H groups in total.